The molecule has 3 heteroatoms. The van der Waals surface area contributed by atoms with Crippen LogP contribution in [0.25, 0.3) is 0 Å². The van der Waals surface area contributed by atoms with Crippen molar-refractivity contribution in [1.82, 2.24) is 0 Å². The molecule has 0 aromatic rings. The molecule has 0 saturated carbocycles. The molecule has 0 aromatic heterocycles. The maximum atomic E-state index is 10.7. The summed E-state index contributed by atoms with van der Waals surface area (Å²) in [6, 6.07) is 0. The first-order chi connectivity index (χ1) is 5.33. The van der Waals surface area contributed by atoms with Crippen LogP contribution in [0.2, 0.25) is 0 Å². The number of hydrogen-bond acceptors (Lipinski definition) is 3. The summed E-state index contributed by atoms with van der Waals surface area (Å²) >= 11 is 0. The highest BCUT2D eigenvalue weighted by atomic mass is 16.5. The summed E-state index contributed by atoms with van der Waals surface area (Å²) in [5.74, 6) is 0. The van der Waals surface area contributed by atoms with Gasteiger partial charge in [-0.25, -0.2) is 0 Å². The molecule has 1 saturated heterocycles. The minimum atomic E-state index is -0.240. The molecule has 0 aromatic carbocycles. The zero-order valence-electron chi connectivity index (χ0n) is 6.84. The maximum absolute atomic E-state index is 10.7. The summed E-state index contributed by atoms with van der Waals surface area (Å²) in [5.41, 5.74) is -0.240. The average Bonchev–Trinajstić information content (AvgIpc) is 2.50. The molecule has 1 atom stereocenters. The van der Waals surface area contributed by atoms with Crippen molar-refractivity contribution in [2.24, 2.45) is 5.41 Å². The Morgan fingerprint density at radius 1 is 1.73 bits per heavy atom. The fourth-order valence-electron chi connectivity index (χ4n) is 1.28. The SMILES string of the molecule is COCCC1(C=O)CCOC1. The van der Waals surface area contributed by atoms with Gasteiger partial charge >= 0.3 is 0 Å². The van der Waals surface area contributed by atoms with Gasteiger partial charge in [0, 0.05) is 20.3 Å². The van der Waals surface area contributed by atoms with Gasteiger partial charge in [0.1, 0.15) is 6.29 Å². The second-order valence-corrected chi connectivity index (χ2v) is 3.03. The highest BCUT2D eigenvalue weighted by Crippen LogP contribution is 2.29. The minimum absolute atomic E-state index is 0.240. The van der Waals surface area contributed by atoms with Gasteiger partial charge in [-0.15, -0.1) is 0 Å². The number of aldehydes is 1. The van der Waals surface area contributed by atoms with Crippen molar-refractivity contribution in [3.63, 3.8) is 0 Å². The Kier molecular flexibility index (Phi) is 3.02. The lowest BCUT2D eigenvalue weighted by atomic mass is 9.86. The first kappa shape index (κ1) is 8.68. The normalized spacial score (nSPS) is 30.6. The van der Waals surface area contributed by atoms with Gasteiger partial charge in [-0.1, -0.05) is 0 Å². The van der Waals surface area contributed by atoms with E-state index < -0.39 is 0 Å². The van der Waals surface area contributed by atoms with Crippen molar-refractivity contribution in [3.05, 3.63) is 0 Å². The number of hydrogen-bond donors (Lipinski definition) is 0. The van der Waals surface area contributed by atoms with Gasteiger partial charge in [-0.05, 0) is 12.8 Å². The molecule has 0 N–H and O–H groups in total. The Morgan fingerprint density at radius 2 is 2.55 bits per heavy atom. The monoisotopic (exact) mass is 158 g/mol. The van der Waals surface area contributed by atoms with E-state index in [9.17, 15) is 4.79 Å². The fraction of sp³-hybridized carbons (Fsp3) is 0.875. The topological polar surface area (TPSA) is 35.5 Å². The van der Waals surface area contributed by atoms with E-state index in [0.29, 0.717) is 19.8 Å². The molecule has 0 radical (unpaired) electrons. The zero-order valence-corrected chi connectivity index (χ0v) is 6.84. The van der Waals surface area contributed by atoms with Crippen molar-refractivity contribution < 1.29 is 14.3 Å². The molecular weight excluding hydrogens is 144 g/mol. The van der Waals surface area contributed by atoms with Crippen LogP contribution in [-0.4, -0.2) is 33.2 Å². The molecule has 1 unspecified atom stereocenters. The lowest BCUT2D eigenvalue weighted by Crippen LogP contribution is -2.24. The van der Waals surface area contributed by atoms with Crippen molar-refractivity contribution in [2.45, 2.75) is 12.8 Å². The number of methoxy groups -OCH3 is 1. The van der Waals surface area contributed by atoms with Crippen molar-refractivity contribution >= 4 is 6.29 Å². The van der Waals surface area contributed by atoms with Gasteiger partial charge in [-0.3, -0.25) is 0 Å². The third-order valence-electron chi connectivity index (χ3n) is 2.19. The summed E-state index contributed by atoms with van der Waals surface area (Å²) in [5, 5.41) is 0. The van der Waals surface area contributed by atoms with E-state index in [-0.39, 0.29) is 5.41 Å². The Hall–Kier alpha value is -0.410. The molecule has 0 spiro atoms. The summed E-state index contributed by atoms with van der Waals surface area (Å²) in [7, 11) is 1.65. The number of rotatable bonds is 4. The lowest BCUT2D eigenvalue weighted by molar-refractivity contribution is -0.117. The van der Waals surface area contributed by atoms with E-state index in [2.05, 4.69) is 0 Å². The van der Waals surface area contributed by atoms with E-state index in [0.717, 1.165) is 19.1 Å². The van der Waals surface area contributed by atoms with Crippen LogP contribution in [-0.2, 0) is 14.3 Å². The Bertz CT molecular complexity index is 127. The predicted octanol–water partition coefficient (Wildman–Crippen LogP) is 0.629. The highest BCUT2D eigenvalue weighted by molar-refractivity contribution is 5.60. The number of ether oxygens (including phenoxy) is 2. The van der Waals surface area contributed by atoms with Crippen LogP contribution in [0.5, 0.6) is 0 Å². The minimum Gasteiger partial charge on any atom is -0.385 e. The highest BCUT2D eigenvalue weighted by Gasteiger charge is 2.33. The molecule has 0 bridgehead atoms. The average molecular weight is 158 g/mol. The molecule has 0 amide bonds. The second kappa shape index (κ2) is 3.83. The molecular formula is C8H14O3. The largest absolute Gasteiger partial charge is 0.385 e. The van der Waals surface area contributed by atoms with Crippen molar-refractivity contribution in [2.75, 3.05) is 26.9 Å². The second-order valence-electron chi connectivity index (χ2n) is 3.03. The van der Waals surface area contributed by atoms with Gasteiger partial charge in [0.2, 0.25) is 0 Å². The first-order valence-corrected chi connectivity index (χ1v) is 3.86. The molecule has 11 heavy (non-hydrogen) atoms. The molecule has 1 fully saturated rings. The Morgan fingerprint density at radius 3 is 3.00 bits per heavy atom. The molecule has 3 nitrogen and oxygen atoms in total. The summed E-state index contributed by atoms with van der Waals surface area (Å²) < 4.78 is 10.1. The van der Waals surface area contributed by atoms with Crippen LogP contribution in [0.3, 0.4) is 0 Å². The van der Waals surface area contributed by atoms with Crippen LogP contribution in [0, 0.1) is 5.41 Å². The molecule has 1 aliphatic heterocycles. The van der Waals surface area contributed by atoms with E-state index in [4.69, 9.17) is 9.47 Å². The van der Waals surface area contributed by atoms with Gasteiger partial charge in [0.05, 0.1) is 12.0 Å². The third kappa shape index (κ3) is 2.01. The van der Waals surface area contributed by atoms with Crippen LogP contribution in [0.1, 0.15) is 12.8 Å². The molecule has 1 aliphatic rings. The molecule has 1 heterocycles. The smallest absolute Gasteiger partial charge is 0.128 e. The van der Waals surface area contributed by atoms with Gasteiger partial charge < -0.3 is 14.3 Å². The van der Waals surface area contributed by atoms with Gasteiger partial charge in [-0.2, -0.15) is 0 Å². The van der Waals surface area contributed by atoms with Crippen molar-refractivity contribution in [3.8, 4) is 0 Å². The molecule has 1 rings (SSSR count). The lowest BCUT2D eigenvalue weighted by Gasteiger charge is -2.18. The summed E-state index contributed by atoms with van der Waals surface area (Å²) in [4.78, 5) is 10.7. The summed E-state index contributed by atoms with van der Waals surface area (Å²) in [6.07, 6.45) is 2.64. The van der Waals surface area contributed by atoms with Crippen molar-refractivity contribution in [1.29, 1.82) is 0 Å². The number of carbonyl (C=O) groups excluding carboxylic acids is 1. The van der Waals surface area contributed by atoms with Crippen LogP contribution < -0.4 is 0 Å². The Labute approximate surface area is 66.7 Å². The van der Waals surface area contributed by atoms with Crippen LogP contribution in [0.4, 0.5) is 0 Å². The quantitative estimate of drug-likeness (QED) is 0.563. The van der Waals surface area contributed by atoms with E-state index in [1.807, 2.05) is 0 Å². The maximum Gasteiger partial charge on any atom is 0.128 e. The zero-order chi connectivity index (χ0) is 8.16. The third-order valence-corrected chi connectivity index (χ3v) is 2.19. The van der Waals surface area contributed by atoms with Gasteiger partial charge in [0.25, 0.3) is 0 Å². The van der Waals surface area contributed by atoms with Gasteiger partial charge in [0.15, 0.2) is 0 Å². The predicted molar refractivity (Wildman–Crippen MR) is 40.4 cm³/mol. The standard InChI is InChI=1S/C8H14O3/c1-10-4-2-8(6-9)3-5-11-7-8/h6H,2-5,7H2,1H3. The van der Waals surface area contributed by atoms with E-state index >= 15 is 0 Å². The summed E-state index contributed by atoms with van der Waals surface area (Å²) in [6.45, 7) is 1.92. The fourth-order valence-corrected chi connectivity index (χ4v) is 1.28. The molecule has 64 valence electrons. The van der Waals surface area contributed by atoms with Crippen LogP contribution in [0.15, 0.2) is 0 Å². The number of carbonyl (C=O) groups is 1. The first-order valence-electron chi connectivity index (χ1n) is 3.86. The van der Waals surface area contributed by atoms with Crippen LogP contribution >= 0.6 is 0 Å². The van der Waals surface area contributed by atoms with E-state index in [1.165, 1.54) is 0 Å². The molecule has 0 aliphatic carbocycles. The van der Waals surface area contributed by atoms with E-state index in [1.54, 1.807) is 7.11 Å². The Balaban J connectivity index is 2.39.